The molecule has 1 fully saturated rings. The molecule has 3 aromatic rings. The van der Waals surface area contributed by atoms with Crippen molar-refractivity contribution < 1.29 is 20.1 Å². The van der Waals surface area contributed by atoms with Gasteiger partial charge in [0.2, 0.25) is 0 Å². The largest absolute Gasteiger partial charge is 0.362 e. The molecular formula is C24H27IrN2-. The van der Waals surface area contributed by atoms with Crippen molar-refractivity contribution in [2.45, 2.75) is 70.3 Å². The SMILES string of the molecule is CC(C)n1c(-c2[c-]cccc2)nc2cc3c(cc21)C1(C)CCC3(C)CC1.[Ir]. The first-order valence-corrected chi connectivity index (χ1v) is 9.95. The molecule has 0 aliphatic heterocycles. The van der Waals surface area contributed by atoms with Gasteiger partial charge < -0.3 is 4.57 Å². The van der Waals surface area contributed by atoms with Crippen molar-refractivity contribution in [3.63, 3.8) is 0 Å². The molecule has 1 radical (unpaired) electrons. The zero-order valence-electron chi connectivity index (χ0n) is 16.6. The van der Waals surface area contributed by atoms with Gasteiger partial charge >= 0.3 is 0 Å². The van der Waals surface area contributed by atoms with Gasteiger partial charge in [0.15, 0.2) is 0 Å². The van der Waals surface area contributed by atoms with Crippen molar-refractivity contribution in [3.05, 3.63) is 53.6 Å². The third-order valence-corrected chi connectivity index (χ3v) is 7.05. The Kier molecular flexibility index (Phi) is 4.40. The number of rotatable bonds is 2. The second-order valence-electron chi connectivity index (χ2n) is 9.18. The number of hydrogen-bond donors (Lipinski definition) is 0. The second-order valence-corrected chi connectivity index (χ2v) is 9.18. The standard InChI is InChI=1S/C24H27N2.Ir/c1-16(2)26-21-15-19-18(23(3)10-12-24(19,4)13-11-23)14-20(21)25-22(26)17-8-6-5-7-9-17;/h5-8,14-16H,10-13H2,1-4H3;/q-1;. The maximum Gasteiger partial charge on any atom is 0.0774 e. The van der Waals surface area contributed by atoms with Crippen LogP contribution in [-0.2, 0) is 30.9 Å². The molecule has 1 aromatic heterocycles. The van der Waals surface area contributed by atoms with Crippen molar-refractivity contribution in [1.82, 2.24) is 9.55 Å². The molecule has 6 rings (SSSR count). The van der Waals surface area contributed by atoms with Gasteiger partial charge in [-0.3, -0.25) is 4.98 Å². The molecule has 3 aliphatic carbocycles. The molecular weight excluding hydrogens is 508 g/mol. The van der Waals surface area contributed by atoms with Crippen molar-refractivity contribution in [2.24, 2.45) is 0 Å². The van der Waals surface area contributed by atoms with E-state index in [1.807, 2.05) is 12.1 Å². The maximum absolute atomic E-state index is 5.08. The minimum Gasteiger partial charge on any atom is -0.362 e. The van der Waals surface area contributed by atoms with E-state index in [0.29, 0.717) is 16.9 Å². The summed E-state index contributed by atoms with van der Waals surface area (Å²) in [5.41, 5.74) is 7.31. The summed E-state index contributed by atoms with van der Waals surface area (Å²) in [6.07, 6.45) is 5.26. The van der Waals surface area contributed by atoms with Crippen molar-refractivity contribution in [3.8, 4) is 11.4 Å². The van der Waals surface area contributed by atoms with Crippen LogP contribution in [0.25, 0.3) is 22.4 Å². The van der Waals surface area contributed by atoms with E-state index in [4.69, 9.17) is 4.98 Å². The van der Waals surface area contributed by atoms with Gasteiger partial charge in [0.05, 0.1) is 16.9 Å². The molecule has 0 spiro atoms. The fourth-order valence-electron chi connectivity index (χ4n) is 5.28. The van der Waals surface area contributed by atoms with E-state index < -0.39 is 0 Å². The van der Waals surface area contributed by atoms with Gasteiger partial charge in [-0.15, -0.1) is 35.9 Å². The Morgan fingerprint density at radius 2 is 1.63 bits per heavy atom. The molecule has 1 heterocycles. The maximum atomic E-state index is 5.08. The Morgan fingerprint density at radius 1 is 1.00 bits per heavy atom. The van der Waals surface area contributed by atoms with E-state index in [2.05, 4.69) is 62.6 Å². The molecule has 2 bridgehead atoms. The molecule has 27 heavy (non-hydrogen) atoms. The monoisotopic (exact) mass is 536 g/mol. The molecule has 3 heteroatoms. The third kappa shape index (κ3) is 2.66. The first kappa shape index (κ1) is 18.9. The average Bonchev–Trinajstić information content (AvgIpc) is 3.02. The molecule has 0 amide bonds. The Balaban J connectivity index is 0.00000180. The van der Waals surface area contributed by atoms with E-state index in [1.54, 1.807) is 11.1 Å². The first-order chi connectivity index (χ1) is 12.4. The van der Waals surface area contributed by atoms with Crippen molar-refractivity contribution >= 4 is 11.0 Å². The van der Waals surface area contributed by atoms with E-state index in [1.165, 1.54) is 31.2 Å². The van der Waals surface area contributed by atoms with Crippen LogP contribution >= 0.6 is 0 Å². The van der Waals surface area contributed by atoms with E-state index in [9.17, 15) is 0 Å². The zero-order valence-corrected chi connectivity index (χ0v) is 19.0. The smallest absolute Gasteiger partial charge is 0.0774 e. The second kappa shape index (κ2) is 6.29. The van der Waals surface area contributed by atoms with Crippen LogP contribution < -0.4 is 0 Å². The predicted molar refractivity (Wildman–Crippen MR) is 108 cm³/mol. The van der Waals surface area contributed by atoms with Crippen LogP contribution in [0, 0.1) is 6.07 Å². The van der Waals surface area contributed by atoms with Crippen LogP contribution in [0.2, 0.25) is 0 Å². The van der Waals surface area contributed by atoms with Crippen LogP contribution in [0.3, 0.4) is 0 Å². The molecule has 2 nitrogen and oxygen atoms in total. The summed E-state index contributed by atoms with van der Waals surface area (Å²) in [6.45, 7) is 9.43. The molecule has 0 atom stereocenters. The van der Waals surface area contributed by atoms with E-state index >= 15 is 0 Å². The quantitative estimate of drug-likeness (QED) is 0.358. The summed E-state index contributed by atoms with van der Waals surface area (Å²) >= 11 is 0. The van der Waals surface area contributed by atoms with Gasteiger partial charge in [-0.2, -0.15) is 0 Å². The van der Waals surface area contributed by atoms with E-state index in [0.717, 1.165) is 16.9 Å². The van der Waals surface area contributed by atoms with Crippen LogP contribution in [0.5, 0.6) is 0 Å². The number of benzene rings is 2. The minimum absolute atomic E-state index is 0. The third-order valence-electron chi connectivity index (χ3n) is 7.05. The Morgan fingerprint density at radius 3 is 2.19 bits per heavy atom. The molecule has 143 valence electrons. The van der Waals surface area contributed by atoms with Crippen LogP contribution in [0.4, 0.5) is 0 Å². The van der Waals surface area contributed by atoms with Crippen LogP contribution in [0.1, 0.15) is 70.5 Å². The number of hydrogen-bond acceptors (Lipinski definition) is 1. The minimum atomic E-state index is 0. The first-order valence-electron chi connectivity index (χ1n) is 9.95. The molecule has 0 saturated heterocycles. The molecule has 0 unspecified atom stereocenters. The molecule has 0 N–H and O–H groups in total. The molecule has 1 saturated carbocycles. The summed E-state index contributed by atoms with van der Waals surface area (Å²) in [7, 11) is 0. The Hall–Kier alpha value is -1.44. The van der Waals surface area contributed by atoms with Crippen LogP contribution in [-0.4, -0.2) is 9.55 Å². The number of aromatic nitrogens is 2. The van der Waals surface area contributed by atoms with Crippen LogP contribution in [0.15, 0.2) is 36.4 Å². The summed E-state index contributed by atoms with van der Waals surface area (Å²) in [5.74, 6) is 1.04. The zero-order chi connectivity index (χ0) is 18.1. The summed E-state index contributed by atoms with van der Waals surface area (Å²) in [4.78, 5) is 5.08. The Bertz CT molecular complexity index is 992. The van der Waals surface area contributed by atoms with Gasteiger partial charge in [-0.05, 0) is 73.6 Å². The normalized spacial score (nSPS) is 26.3. The van der Waals surface area contributed by atoms with Gasteiger partial charge in [0.25, 0.3) is 0 Å². The number of imidazole rings is 1. The van der Waals surface area contributed by atoms with Crippen molar-refractivity contribution in [2.75, 3.05) is 0 Å². The summed E-state index contributed by atoms with van der Waals surface area (Å²) in [6, 6.07) is 16.8. The number of nitrogens with zero attached hydrogens (tertiary/aromatic N) is 2. The topological polar surface area (TPSA) is 17.8 Å². The van der Waals surface area contributed by atoms with Gasteiger partial charge in [-0.1, -0.05) is 13.8 Å². The van der Waals surface area contributed by atoms with Gasteiger partial charge in [0.1, 0.15) is 0 Å². The van der Waals surface area contributed by atoms with Gasteiger partial charge in [0, 0.05) is 26.1 Å². The fraction of sp³-hybridized carbons (Fsp3) is 0.458. The molecule has 2 aromatic carbocycles. The average molecular weight is 536 g/mol. The van der Waals surface area contributed by atoms with E-state index in [-0.39, 0.29) is 20.1 Å². The fourth-order valence-corrected chi connectivity index (χ4v) is 5.28. The predicted octanol–water partition coefficient (Wildman–Crippen LogP) is 6.18. The summed E-state index contributed by atoms with van der Waals surface area (Å²) < 4.78 is 2.40. The Labute approximate surface area is 175 Å². The number of fused-ring (bicyclic) bond motifs is 3. The summed E-state index contributed by atoms with van der Waals surface area (Å²) in [5, 5.41) is 0. The van der Waals surface area contributed by atoms with Crippen molar-refractivity contribution in [1.29, 1.82) is 0 Å². The van der Waals surface area contributed by atoms with Gasteiger partial charge in [-0.25, -0.2) is 0 Å². The molecule has 3 aliphatic rings.